The molecular formula is C64H57IrN3OSi-2. The molecule has 0 saturated heterocycles. The van der Waals surface area contributed by atoms with Gasteiger partial charge in [-0.15, -0.1) is 54.1 Å². The fraction of sp³-hybridized carbons (Fsp3) is 0.156. The van der Waals surface area contributed by atoms with Gasteiger partial charge in [-0.1, -0.05) is 180 Å². The molecule has 0 atom stereocenters. The van der Waals surface area contributed by atoms with Crippen LogP contribution in [0.25, 0.3) is 94.7 Å². The van der Waals surface area contributed by atoms with Crippen LogP contribution in [0, 0.1) is 19.0 Å². The van der Waals surface area contributed by atoms with E-state index < -0.39 is 14.9 Å². The van der Waals surface area contributed by atoms with Crippen LogP contribution >= 0.6 is 0 Å². The number of pyridine rings is 1. The summed E-state index contributed by atoms with van der Waals surface area (Å²) in [4.78, 5) is 9.78. The second-order valence-electron chi connectivity index (χ2n) is 19.4. The van der Waals surface area contributed by atoms with Crippen molar-refractivity contribution < 1.29 is 28.6 Å². The maximum atomic E-state index is 8.69. The van der Waals surface area contributed by atoms with Gasteiger partial charge in [-0.05, 0) is 104 Å². The topological polar surface area (TPSA) is 43.9 Å². The molecule has 0 aliphatic heterocycles. The van der Waals surface area contributed by atoms with Gasteiger partial charge in [0.05, 0.1) is 30.5 Å². The summed E-state index contributed by atoms with van der Waals surface area (Å²) in [6.07, 6.45) is 2.02. The largest absolute Gasteiger partial charge is 0.501 e. The minimum atomic E-state index is -2.38. The molecule has 0 aliphatic carbocycles. The monoisotopic (exact) mass is 1110 g/mol. The molecule has 11 aromatic rings. The van der Waals surface area contributed by atoms with Crippen molar-refractivity contribution >= 4 is 46.2 Å². The van der Waals surface area contributed by atoms with Gasteiger partial charge in [0.25, 0.3) is 0 Å². The van der Waals surface area contributed by atoms with Crippen molar-refractivity contribution in [3.05, 3.63) is 217 Å². The number of benzene rings is 8. The molecule has 1 radical (unpaired) electrons. The second-order valence-corrected chi connectivity index (χ2v) is 24.5. The number of hydrogen-bond donors (Lipinski definition) is 0. The molecule has 8 aromatic carbocycles. The number of para-hydroxylation sites is 1. The Morgan fingerprint density at radius 2 is 1.21 bits per heavy atom. The van der Waals surface area contributed by atoms with E-state index in [1.165, 1.54) is 10.8 Å². The van der Waals surface area contributed by atoms with Crippen molar-refractivity contribution in [2.75, 3.05) is 0 Å². The maximum absolute atomic E-state index is 8.69. The number of rotatable bonds is 9. The van der Waals surface area contributed by atoms with Gasteiger partial charge in [0.2, 0.25) is 0 Å². The van der Waals surface area contributed by atoms with Crippen LogP contribution in [0.2, 0.25) is 19.6 Å². The van der Waals surface area contributed by atoms with Gasteiger partial charge < -0.3 is 14.0 Å². The Balaban J connectivity index is 0.000000329. The van der Waals surface area contributed by atoms with Gasteiger partial charge in [0.1, 0.15) is 5.58 Å². The van der Waals surface area contributed by atoms with Gasteiger partial charge in [-0.3, -0.25) is 4.98 Å². The Kier molecular flexibility index (Phi) is 12.8. The molecule has 0 saturated carbocycles. The Morgan fingerprint density at radius 1 is 0.586 bits per heavy atom. The van der Waals surface area contributed by atoms with Crippen LogP contribution in [0.3, 0.4) is 0 Å². The molecule has 6 heteroatoms. The standard InChI is InChI=1S/C50H41N2O.C14H16NSi.Ir/c1-31(2)43-28-39(37-24-22-36(23-25-37)34-15-8-6-9-16-34)29-44(32(3)4)48(43)52-47-33(5)14-12-21-45(47)51-50(52)42-20-13-19-41-40-27-26-38(30-46(40)53-49(41)42)35-17-10-7-11-18-35;1-16(2,3)13-9-10-14(15-11-13)12-7-5-4-6-8-12;/h6-19,21-32H,1-5H3;4-7,9-11H,1-3H3;/q2*-1;/i5D3;;. The van der Waals surface area contributed by atoms with E-state index in [0.29, 0.717) is 28.0 Å². The first kappa shape index (κ1) is 44.3. The number of imidazole rings is 1. The van der Waals surface area contributed by atoms with E-state index in [1.807, 2.05) is 72.9 Å². The Labute approximate surface area is 431 Å². The van der Waals surface area contributed by atoms with Crippen molar-refractivity contribution in [2.24, 2.45) is 0 Å². The molecule has 0 fully saturated rings. The van der Waals surface area contributed by atoms with Gasteiger partial charge >= 0.3 is 0 Å². The fourth-order valence-electron chi connectivity index (χ4n) is 9.25. The van der Waals surface area contributed by atoms with E-state index in [0.717, 1.165) is 72.2 Å². The molecular weight excluding hydrogens is 1050 g/mol. The average molecular weight is 1110 g/mol. The van der Waals surface area contributed by atoms with Crippen molar-refractivity contribution in [3.63, 3.8) is 0 Å². The van der Waals surface area contributed by atoms with Crippen molar-refractivity contribution in [3.8, 4) is 61.7 Å². The Morgan fingerprint density at radius 3 is 1.81 bits per heavy atom. The number of aromatic nitrogens is 3. The Bertz CT molecular complexity index is 3660. The third-order valence-electron chi connectivity index (χ3n) is 13.0. The van der Waals surface area contributed by atoms with Gasteiger partial charge in [0, 0.05) is 41.5 Å². The van der Waals surface area contributed by atoms with E-state index in [2.05, 4.69) is 172 Å². The number of aryl methyl sites for hydroxylation is 1. The molecule has 0 spiro atoms. The molecule has 0 bridgehead atoms. The summed E-state index contributed by atoms with van der Waals surface area (Å²) in [7, 11) is -1.23. The van der Waals surface area contributed by atoms with Crippen molar-refractivity contribution in [1.29, 1.82) is 0 Å². The number of nitrogens with zero attached hydrogens (tertiary/aromatic N) is 3. The number of furan rings is 1. The van der Waals surface area contributed by atoms with E-state index in [9.17, 15) is 0 Å². The molecule has 0 aliphatic rings. The first-order valence-electron chi connectivity index (χ1n) is 25.4. The third kappa shape index (κ3) is 9.52. The molecule has 4 nitrogen and oxygen atoms in total. The number of hydrogen-bond acceptors (Lipinski definition) is 3. The fourth-order valence-corrected chi connectivity index (χ4v) is 10.3. The quantitative estimate of drug-likeness (QED) is 0.107. The van der Waals surface area contributed by atoms with Gasteiger partial charge in [-0.25, -0.2) is 0 Å². The molecule has 3 aromatic heterocycles. The van der Waals surface area contributed by atoms with E-state index >= 15 is 0 Å². The summed E-state index contributed by atoms with van der Waals surface area (Å²) in [6.45, 7) is 13.4. The van der Waals surface area contributed by atoms with Gasteiger partial charge in [0.15, 0.2) is 0 Å². The molecule has 349 valence electrons. The zero-order valence-corrected chi connectivity index (χ0v) is 44.0. The first-order valence-corrected chi connectivity index (χ1v) is 27.4. The molecule has 0 amide bonds. The van der Waals surface area contributed by atoms with Crippen LogP contribution in [0.1, 0.15) is 60.3 Å². The predicted octanol–water partition coefficient (Wildman–Crippen LogP) is 17.0. The van der Waals surface area contributed by atoms with E-state index in [4.69, 9.17) is 13.5 Å². The normalized spacial score (nSPS) is 12.4. The molecule has 0 unspecified atom stereocenters. The van der Waals surface area contributed by atoms with Crippen LogP contribution in [-0.4, -0.2) is 22.6 Å². The number of fused-ring (bicyclic) bond motifs is 4. The van der Waals surface area contributed by atoms with Crippen LogP contribution in [0.5, 0.6) is 0 Å². The zero-order valence-electron chi connectivity index (χ0n) is 43.6. The Hall–Kier alpha value is -6.95. The van der Waals surface area contributed by atoms with Crippen LogP contribution in [-0.2, 0) is 20.1 Å². The van der Waals surface area contributed by atoms with E-state index in [-0.39, 0.29) is 37.5 Å². The predicted molar refractivity (Wildman–Crippen MR) is 293 cm³/mol. The third-order valence-corrected chi connectivity index (χ3v) is 15.0. The zero-order chi connectivity index (χ0) is 50.3. The molecule has 70 heavy (non-hydrogen) atoms. The van der Waals surface area contributed by atoms with Crippen molar-refractivity contribution in [2.45, 2.75) is 66.0 Å². The van der Waals surface area contributed by atoms with Gasteiger partial charge in [-0.2, -0.15) is 0 Å². The summed E-state index contributed by atoms with van der Waals surface area (Å²) in [5.41, 5.74) is 15.5. The SMILES string of the molecule is C[Si](C)(C)c1ccc(-c2[c-]cccc2)nc1.[2H]C([2H])([2H])c1cccc2nc(-c3[c-]ccc4c3oc3cc(-c5ccccc5)ccc34)n(-c3c(C(C)C)cc(-c4ccc(-c5ccccc5)cc4)cc3C(C)C)c12.[Ir]. The summed E-state index contributed by atoms with van der Waals surface area (Å²) >= 11 is 0. The molecule has 3 heterocycles. The van der Waals surface area contributed by atoms with E-state index in [1.54, 1.807) is 12.1 Å². The van der Waals surface area contributed by atoms with Crippen LogP contribution in [0.15, 0.2) is 193 Å². The summed E-state index contributed by atoms with van der Waals surface area (Å²) in [5.74, 6) is 0.783. The maximum Gasteiger partial charge on any atom is 0.121 e. The minimum absolute atomic E-state index is 0. The smallest absolute Gasteiger partial charge is 0.121 e. The van der Waals surface area contributed by atoms with Crippen molar-refractivity contribution in [1.82, 2.24) is 14.5 Å². The van der Waals surface area contributed by atoms with Crippen LogP contribution < -0.4 is 5.19 Å². The minimum Gasteiger partial charge on any atom is -0.501 e. The molecule has 0 N–H and O–H groups in total. The first-order chi connectivity index (χ1) is 34.6. The summed E-state index contributed by atoms with van der Waals surface area (Å²) in [5, 5.41) is 3.34. The average Bonchev–Trinajstić information content (AvgIpc) is 3.97. The summed E-state index contributed by atoms with van der Waals surface area (Å²) in [6, 6.07) is 68.6. The summed E-state index contributed by atoms with van der Waals surface area (Å²) < 4.78 is 34.9. The second kappa shape index (κ2) is 20.2. The van der Waals surface area contributed by atoms with Crippen LogP contribution in [0.4, 0.5) is 0 Å². The molecule has 11 rings (SSSR count).